The molecule has 1 N–H and O–H groups in total. The van der Waals surface area contributed by atoms with Crippen LogP contribution in [-0.4, -0.2) is 23.4 Å². The van der Waals surface area contributed by atoms with Gasteiger partial charge in [0.05, 0.1) is 0 Å². The van der Waals surface area contributed by atoms with E-state index in [9.17, 15) is 9.59 Å². The van der Waals surface area contributed by atoms with Crippen molar-refractivity contribution in [3.8, 4) is 0 Å². The van der Waals surface area contributed by atoms with Gasteiger partial charge in [-0.2, -0.15) is 0 Å². The molecule has 0 aromatic rings. The molecule has 0 radical (unpaired) electrons. The minimum atomic E-state index is -1.23. The van der Waals surface area contributed by atoms with E-state index in [4.69, 9.17) is 0 Å². The zero-order valence-electron chi connectivity index (χ0n) is 7.17. The van der Waals surface area contributed by atoms with Gasteiger partial charge in [-0.05, 0) is 6.92 Å². The fourth-order valence-electron chi connectivity index (χ4n) is 1.04. The lowest BCUT2D eigenvalue weighted by molar-refractivity contribution is -0.142. The van der Waals surface area contributed by atoms with Gasteiger partial charge in [0.2, 0.25) is 11.6 Å². The average molecular weight is 170 g/mol. The number of cyclic esters (lactones) is 1. The van der Waals surface area contributed by atoms with E-state index in [1.807, 2.05) is 0 Å². The molecule has 0 saturated carbocycles. The van der Waals surface area contributed by atoms with E-state index in [2.05, 4.69) is 15.0 Å². The van der Waals surface area contributed by atoms with Crippen molar-refractivity contribution in [3.05, 3.63) is 0 Å². The van der Waals surface area contributed by atoms with Crippen LogP contribution >= 0.6 is 0 Å². The number of nitrogens with one attached hydrogen (secondary N) is 1. The maximum Gasteiger partial charge on any atom is 0.361 e. The Morgan fingerprint density at radius 2 is 2.25 bits per heavy atom. The van der Waals surface area contributed by atoms with Gasteiger partial charge in [-0.15, -0.1) is 0 Å². The molecule has 1 rings (SSSR count). The van der Waals surface area contributed by atoms with Crippen LogP contribution in [0.3, 0.4) is 0 Å². The summed E-state index contributed by atoms with van der Waals surface area (Å²) < 4.78 is 4.67. The molecule has 1 heterocycles. The molecule has 1 unspecified atom stereocenters. The molecule has 0 fully saturated rings. The van der Waals surface area contributed by atoms with Crippen molar-refractivity contribution in [1.82, 2.24) is 5.32 Å². The van der Waals surface area contributed by atoms with Crippen LogP contribution in [0.1, 0.15) is 20.8 Å². The third-order valence-electron chi connectivity index (χ3n) is 1.44. The predicted molar refractivity (Wildman–Crippen MR) is 41.4 cm³/mol. The lowest BCUT2D eigenvalue weighted by atomic mass is 10.2. The van der Waals surface area contributed by atoms with E-state index >= 15 is 0 Å². The summed E-state index contributed by atoms with van der Waals surface area (Å²) >= 11 is 0. The number of amides is 1. The molecule has 66 valence electrons. The molecule has 0 saturated heterocycles. The van der Waals surface area contributed by atoms with E-state index in [-0.39, 0.29) is 11.8 Å². The van der Waals surface area contributed by atoms with Gasteiger partial charge in [0.1, 0.15) is 0 Å². The van der Waals surface area contributed by atoms with Crippen LogP contribution in [0.5, 0.6) is 0 Å². The highest BCUT2D eigenvalue weighted by molar-refractivity contribution is 6.00. The summed E-state index contributed by atoms with van der Waals surface area (Å²) in [5, 5.41) is 2.40. The first-order chi connectivity index (χ1) is 5.44. The summed E-state index contributed by atoms with van der Waals surface area (Å²) in [6.07, 6.45) is 0. The lowest BCUT2D eigenvalue weighted by Crippen LogP contribution is -2.47. The summed E-state index contributed by atoms with van der Waals surface area (Å²) in [6.45, 7) is 4.37. The Kier molecular flexibility index (Phi) is 1.87. The minimum absolute atomic E-state index is 0.274. The molecule has 0 aromatic heterocycles. The van der Waals surface area contributed by atoms with Gasteiger partial charge in [-0.1, -0.05) is 0 Å². The van der Waals surface area contributed by atoms with Crippen LogP contribution in [-0.2, 0) is 14.3 Å². The maximum absolute atomic E-state index is 11.1. The second-order valence-corrected chi connectivity index (χ2v) is 2.77. The Hall–Kier alpha value is -1.39. The molecule has 5 nitrogen and oxygen atoms in total. The first-order valence-corrected chi connectivity index (χ1v) is 3.51. The van der Waals surface area contributed by atoms with Crippen LogP contribution in [0.4, 0.5) is 0 Å². The SMILES string of the molecule is CC(=O)NC1(C)N=C(C)OC1=O. The van der Waals surface area contributed by atoms with Crippen LogP contribution in [0.2, 0.25) is 0 Å². The van der Waals surface area contributed by atoms with Crippen LogP contribution in [0.25, 0.3) is 0 Å². The Morgan fingerprint density at radius 3 is 2.58 bits per heavy atom. The highest BCUT2D eigenvalue weighted by Crippen LogP contribution is 2.16. The molecule has 5 heteroatoms. The molecule has 0 bridgehead atoms. The monoisotopic (exact) mass is 170 g/mol. The summed E-state index contributed by atoms with van der Waals surface area (Å²) in [6, 6.07) is 0. The zero-order valence-corrected chi connectivity index (χ0v) is 7.17. The number of nitrogens with zero attached hydrogens (tertiary/aromatic N) is 1. The van der Waals surface area contributed by atoms with Crippen molar-refractivity contribution in [2.45, 2.75) is 26.4 Å². The molecular weight excluding hydrogens is 160 g/mol. The first-order valence-electron chi connectivity index (χ1n) is 3.51. The standard InChI is InChI=1S/C7H10N2O3/c1-4(10)8-7(3)6(11)12-5(2)9-7/h1-3H3,(H,8,10). The van der Waals surface area contributed by atoms with Gasteiger partial charge >= 0.3 is 5.97 Å². The van der Waals surface area contributed by atoms with E-state index in [0.717, 1.165) is 0 Å². The largest absolute Gasteiger partial charge is 0.409 e. The van der Waals surface area contributed by atoms with E-state index in [0.29, 0.717) is 0 Å². The van der Waals surface area contributed by atoms with Gasteiger partial charge < -0.3 is 10.1 Å². The van der Waals surface area contributed by atoms with Gasteiger partial charge in [-0.25, -0.2) is 9.79 Å². The third kappa shape index (κ3) is 1.44. The Morgan fingerprint density at radius 1 is 1.67 bits per heavy atom. The van der Waals surface area contributed by atoms with Crippen molar-refractivity contribution in [3.63, 3.8) is 0 Å². The number of ether oxygens (including phenoxy) is 1. The quantitative estimate of drug-likeness (QED) is 0.555. The van der Waals surface area contributed by atoms with E-state index in [1.165, 1.54) is 13.8 Å². The van der Waals surface area contributed by atoms with Gasteiger partial charge in [0.15, 0.2) is 5.90 Å². The highest BCUT2D eigenvalue weighted by atomic mass is 16.6. The maximum atomic E-state index is 11.1. The van der Waals surface area contributed by atoms with Gasteiger partial charge in [0, 0.05) is 13.8 Å². The molecule has 1 aliphatic rings. The molecule has 0 aromatic carbocycles. The molecule has 0 spiro atoms. The second kappa shape index (κ2) is 2.58. The molecule has 1 atom stereocenters. The van der Waals surface area contributed by atoms with Gasteiger partial charge in [0.25, 0.3) is 0 Å². The van der Waals surface area contributed by atoms with Gasteiger partial charge in [-0.3, -0.25) is 4.79 Å². The molecule has 1 aliphatic heterocycles. The number of carbonyl (C=O) groups excluding carboxylic acids is 2. The lowest BCUT2D eigenvalue weighted by Gasteiger charge is -2.16. The molecule has 12 heavy (non-hydrogen) atoms. The zero-order chi connectivity index (χ0) is 9.35. The smallest absolute Gasteiger partial charge is 0.361 e. The normalized spacial score (nSPS) is 27.9. The fraction of sp³-hybridized carbons (Fsp3) is 0.571. The first kappa shape index (κ1) is 8.70. The average Bonchev–Trinajstić information content (AvgIpc) is 2.04. The van der Waals surface area contributed by atoms with Crippen molar-refractivity contribution in [2.75, 3.05) is 0 Å². The third-order valence-corrected chi connectivity index (χ3v) is 1.44. The number of carbonyl (C=O) groups is 2. The van der Waals surface area contributed by atoms with Crippen LogP contribution in [0.15, 0.2) is 4.99 Å². The number of esters is 1. The molecular formula is C7H10N2O3. The summed E-state index contributed by atoms with van der Waals surface area (Å²) in [5.74, 6) is -0.584. The minimum Gasteiger partial charge on any atom is -0.409 e. The van der Waals surface area contributed by atoms with E-state index < -0.39 is 11.6 Å². The van der Waals surface area contributed by atoms with E-state index in [1.54, 1.807) is 6.92 Å². The van der Waals surface area contributed by atoms with Crippen molar-refractivity contribution >= 4 is 17.8 Å². The Labute approximate surface area is 69.8 Å². The predicted octanol–water partition coefficient (Wildman–Crippen LogP) is -0.186. The number of hydrogen-bond acceptors (Lipinski definition) is 4. The van der Waals surface area contributed by atoms with Crippen LogP contribution < -0.4 is 5.32 Å². The second-order valence-electron chi connectivity index (χ2n) is 2.77. The Bertz CT molecular complexity index is 272. The molecule has 1 amide bonds. The summed E-state index contributed by atoms with van der Waals surface area (Å²) in [5.41, 5.74) is -1.23. The number of rotatable bonds is 1. The molecule has 0 aliphatic carbocycles. The van der Waals surface area contributed by atoms with Crippen molar-refractivity contribution in [1.29, 1.82) is 0 Å². The highest BCUT2D eigenvalue weighted by Gasteiger charge is 2.41. The summed E-state index contributed by atoms with van der Waals surface area (Å²) in [4.78, 5) is 25.6. The van der Waals surface area contributed by atoms with Crippen LogP contribution in [0, 0.1) is 0 Å². The van der Waals surface area contributed by atoms with Crippen molar-refractivity contribution in [2.24, 2.45) is 4.99 Å². The fourth-order valence-corrected chi connectivity index (χ4v) is 1.04. The van der Waals surface area contributed by atoms with Crippen molar-refractivity contribution < 1.29 is 14.3 Å². The summed E-state index contributed by atoms with van der Waals surface area (Å²) in [7, 11) is 0. The topological polar surface area (TPSA) is 67.8 Å². The Balaban J connectivity index is 2.83. The number of aliphatic imine (C=N–C) groups is 1. The number of hydrogen-bond donors (Lipinski definition) is 1.